The van der Waals surface area contributed by atoms with Crippen LogP contribution in [-0.4, -0.2) is 45.6 Å². The van der Waals surface area contributed by atoms with Gasteiger partial charge in [-0.25, -0.2) is 4.98 Å². The molecule has 1 aromatic carbocycles. The summed E-state index contributed by atoms with van der Waals surface area (Å²) in [5.74, 6) is 0.0998. The molecule has 0 saturated carbocycles. The average molecular weight is 501 g/mol. The first kappa shape index (κ1) is 23.9. The summed E-state index contributed by atoms with van der Waals surface area (Å²) in [4.78, 5) is 33.3. The molecule has 0 bridgehead atoms. The number of amidine groups is 1. The number of anilines is 1. The van der Waals surface area contributed by atoms with Crippen molar-refractivity contribution < 1.29 is 14.7 Å². The zero-order valence-corrected chi connectivity index (χ0v) is 20.6. The first-order chi connectivity index (χ1) is 14.6. The molecule has 3 heterocycles. The lowest BCUT2D eigenvalue weighted by Crippen LogP contribution is -2.31. The molecule has 1 saturated heterocycles. The van der Waals surface area contributed by atoms with Crippen molar-refractivity contribution in [2.45, 2.75) is 52.5 Å². The van der Waals surface area contributed by atoms with E-state index >= 15 is 0 Å². The van der Waals surface area contributed by atoms with Crippen LogP contribution in [0.4, 0.5) is 5.69 Å². The van der Waals surface area contributed by atoms with Gasteiger partial charge in [-0.05, 0) is 37.0 Å². The van der Waals surface area contributed by atoms with Gasteiger partial charge in [0.25, 0.3) is 0 Å². The fourth-order valence-corrected chi connectivity index (χ4v) is 4.21. The Balaban J connectivity index is 0.00000289. The second-order valence-corrected chi connectivity index (χ2v) is 9.38. The van der Waals surface area contributed by atoms with Crippen molar-refractivity contribution in [3.05, 3.63) is 52.3 Å². The molecular formula is C24H29BrN4O3. The molecule has 2 aliphatic heterocycles. The van der Waals surface area contributed by atoms with Gasteiger partial charge in [-0.1, -0.05) is 26.8 Å². The van der Waals surface area contributed by atoms with Gasteiger partial charge < -0.3 is 14.9 Å². The number of hydrogen-bond acceptors (Lipinski definition) is 5. The number of phenolic OH excluding ortho intramolecular Hbond substituents is 1. The number of nitrogens with one attached hydrogen (secondary N) is 1. The highest BCUT2D eigenvalue weighted by Gasteiger charge is 2.31. The van der Waals surface area contributed by atoms with Crippen LogP contribution in [-0.2, 0) is 16.8 Å². The van der Waals surface area contributed by atoms with Crippen LogP contribution in [0.2, 0.25) is 0 Å². The first-order valence-corrected chi connectivity index (χ1v) is 10.6. The standard InChI is InChI=1S/C24H28N4O3.BrH/c1-14-7-8-15-12-27(23(25)21(15)26-14)13-19(29)16-10-17(24(2,3)4)22(31)18(11-16)28-9-5-6-20(28)30;/h7-8,10-11,25,31H,5-6,9,12-13H2,1-4H3;1H. The molecule has 0 aliphatic carbocycles. The zero-order chi connectivity index (χ0) is 22.5. The number of pyridine rings is 1. The predicted octanol–water partition coefficient (Wildman–Crippen LogP) is 4.12. The van der Waals surface area contributed by atoms with E-state index in [4.69, 9.17) is 5.41 Å². The lowest BCUT2D eigenvalue weighted by atomic mass is 9.84. The summed E-state index contributed by atoms with van der Waals surface area (Å²) >= 11 is 0. The number of phenols is 1. The van der Waals surface area contributed by atoms with E-state index in [1.54, 1.807) is 21.9 Å². The fourth-order valence-electron chi connectivity index (χ4n) is 4.21. The Hall–Kier alpha value is -2.74. The number of rotatable bonds is 4. The monoisotopic (exact) mass is 500 g/mol. The van der Waals surface area contributed by atoms with E-state index in [9.17, 15) is 14.7 Å². The minimum Gasteiger partial charge on any atom is -0.505 e. The molecule has 170 valence electrons. The summed E-state index contributed by atoms with van der Waals surface area (Å²) in [6.45, 7) is 8.81. The number of nitrogens with zero attached hydrogens (tertiary/aromatic N) is 3. The molecule has 8 heteroatoms. The van der Waals surface area contributed by atoms with Crippen molar-refractivity contribution >= 4 is 40.2 Å². The van der Waals surface area contributed by atoms with Gasteiger partial charge in [-0.2, -0.15) is 0 Å². The van der Waals surface area contributed by atoms with Crippen LogP contribution in [0.3, 0.4) is 0 Å². The second kappa shape index (κ2) is 8.65. The Bertz CT molecular complexity index is 1110. The van der Waals surface area contributed by atoms with Gasteiger partial charge in [0.15, 0.2) is 5.78 Å². The lowest BCUT2D eigenvalue weighted by molar-refractivity contribution is -0.117. The number of hydrogen-bond donors (Lipinski definition) is 2. The van der Waals surface area contributed by atoms with E-state index in [1.807, 2.05) is 39.8 Å². The minimum absolute atomic E-state index is 0. The minimum atomic E-state index is -0.407. The van der Waals surface area contributed by atoms with Crippen molar-refractivity contribution in [3.8, 4) is 5.75 Å². The number of fused-ring (bicyclic) bond motifs is 1. The highest BCUT2D eigenvalue weighted by Crippen LogP contribution is 2.40. The summed E-state index contributed by atoms with van der Waals surface area (Å²) < 4.78 is 0. The molecule has 2 aliphatic rings. The summed E-state index contributed by atoms with van der Waals surface area (Å²) in [7, 11) is 0. The van der Waals surface area contributed by atoms with Crippen LogP contribution in [0.1, 0.15) is 66.5 Å². The van der Waals surface area contributed by atoms with Crippen LogP contribution >= 0.6 is 17.0 Å². The summed E-state index contributed by atoms with van der Waals surface area (Å²) in [6, 6.07) is 7.20. The number of amides is 1. The molecule has 1 amide bonds. The lowest BCUT2D eigenvalue weighted by Gasteiger charge is -2.26. The maximum atomic E-state index is 13.3. The van der Waals surface area contributed by atoms with E-state index < -0.39 is 5.41 Å². The number of benzene rings is 1. The number of aromatic hydroxyl groups is 1. The third kappa shape index (κ3) is 4.28. The van der Waals surface area contributed by atoms with Crippen LogP contribution < -0.4 is 4.90 Å². The Labute approximate surface area is 198 Å². The second-order valence-electron chi connectivity index (χ2n) is 9.38. The van der Waals surface area contributed by atoms with Crippen molar-refractivity contribution in [3.63, 3.8) is 0 Å². The number of carbonyl (C=O) groups excluding carboxylic acids is 2. The SMILES string of the molecule is Br.Cc1ccc2c(n1)C(=N)N(CC(=O)c1cc(N3CCCC3=O)c(O)c(C(C)(C)C)c1)C2. The molecule has 0 spiro atoms. The Morgan fingerprint density at radius 2 is 1.97 bits per heavy atom. The van der Waals surface area contributed by atoms with Crippen LogP contribution in [0.25, 0.3) is 0 Å². The van der Waals surface area contributed by atoms with Gasteiger partial charge in [-0.3, -0.25) is 15.0 Å². The average Bonchev–Trinajstić information content (AvgIpc) is 3.25. The molecule has 2 N–H and O–H groups in total. The predicted molar refractivity (Wildman–Crippen MR) is 129 cm³/mol. The largest absolute Gasteiger partial charge is 0.505 e. The molecule has 0 radical (unpaired) electrons. The molecule has 0 atom stereocenters. The summed E-state index contributed by atoms with van der Waals surface area (Å²) in [6.07, 6.45) is 1.18. The Morgan fingerprint density at radius 1 is 1.25 bits per heavy atom. The third-order valence-electron chi connectivity index (χ3n) is 5.94. The van der Waals surface area contributed by atoms with Crippen molar-refractivity contribution in [1.82, 2.24) is 9.88 Å². The highest BCUT2D eigenvalue weighted by molar-refractivity contribution is 8.93. The molecule has 4 rings (SSSR count). The molecule has 1 aromatic heterocycles. The van der Waals surface area contributed by atoms with Gasteiger partial charge in [0.1, 0.15) is 17.3 Å². The number of ketones is 1. The molecular weight excluding hydrogens is 472 g/mol. The number of carbonyl (C=O) groups is 2. The molecule has 7 nitrogen and oxygen atoms in total. The third-order valence-corrected chi connectivity index (χ3v) is 5.94. The van der Waals surface area contributed by atoms with Gasteiger partial charge in [0.2, 0.25) is 5.91 Å². The zero-order valence-electron chi connectivity index (χ0n) is 18.9. The number of Topliss-reactive ketones (excluding diaryl/α,β-unsaturated/α-hetero) is 1. The van der Waals surface area contributed by atoms with Crippen molar-refractivity contribution in [2.75, 3.05) is 18.0 Å². The fraction of sp³-hybridized carbons (Fsp3) is 0.417. The smallest absolute Gasteiger partial charge is 0.227 e. The van der Waals surface area contributed by atoms with Crippen LogP contribution in [0.5, 0.6) is 5.75 Å². The van der Waals surface area contributed by atoms with E-state index in [-0.39, 0.29) is 46.8 Å². The normalized spacial score (nSPS) is 15.8. The number of aromatic nitrogens is 1. The summed E-state index contributed by atoms with van der Waals surface area (Å²) in [5, 5.41) is 19.4. The Kier molecular flexibility index (Phi) is 6.47. The maximum Gasteiger partial charge on any atom is 0.227 e. The number of aryl methyl sites for hydroxylation is 1. The molecule has 2 aromatic rings. The van der Waals surface area contributed by atoms with Gasteiger partial charge >= 0.3 is 0 Å². The first-order valence-electron chi connectivity index (χ1n) is 10.6. The van der Waals surface area contributed by atoms with Crippen molar-refractivity contribution in [1.29, 1.82) is 5.41 Å². The quantitative estimate of drug-likeness (QED) is 0.615. The van der Waals surface area contributed by atoms with Crippen LogP contribution in [0, 0.1) is 12.3 Å². The molecule has 0 unspecified atom stereocenters. The number of halogens is 1. The van der Waals surface area contributed by atoms with Crippen LogP contribution in [0.15, 0.2) is 24.3 Å². The van der Waals surface area contributed by atoms with E-state index in [0.29, 0.717) is 42.0 Å². The van der Waals surface area contributed by atoms with Gasteiger partial charge in [0, 0.05) is 41.9 Å². The van der Waals surface area contributed by atoms with E-state index in [2.05, 4.69) is 4.98 Å². The molecule has 32 heavy (non-hydrogen) atoms. The highest BCUT2D eigenvalue weighted by atomic mass is 79.9. The Morgan fingerprint density at radius 3 is 2.59 bits per heavy atom. The van der Waals surface area contributed by atoms with Gasteiger partial charge in [-0.15, -0.1) is 17.0 Å². The van der Waals surface area contributed by atoms with Gasteiger partial charge in [0.05, 0.1) is 12.2 Å². The summed E-state index contributed by atoms with van der Waals surface area (Å²) in [5.41, 5.74) is 3.46. The van der Waals surface area contributed by atoms with E-state index in [0.717, 1.165) is 17.7 Å². The molecule has 1 fully saturated rings. The van der Waals surface area contributed by atoms with E-state index in [1.165, 1.54) is 0 Å². The maximum absolute atomic E-state index is 13.3. The van der Waals surface area contributed by atoms with Crippen molar-refractivity contribution in [2.24, 2.45) is 0 Å². The topological polar surface area (TPSA) is 97.6 Å².